The zero-order valence-corrected chi connectivity index (χ0v) is 23.6. The number of rotatable bonds is 9. The maximum atomic E-state index is 13.1. The van der Waals surface area contributed by atoms with Crippen LogP contribution in [0.4, 0.5) is 0 Å². The Morgan fingerprint density at radius 2 is 1.16 bits per heavy atom. The van der Waals surface area contributed by atoms with E-state index in [0.29, 0.717) is 0 Å². The summed E-state index contributed by atoms with van der Waals surface area (Å²) < 4.78 is 63.6. The van der Waals surface area contributed by atoms with Crippen molar-refractivity contribution in [3.05, 3.63) is 65.2 Å². The molecular formula is C26H30N2O6S3. The molecule has 0 aliphatic heterocycles. The standard InChI is InChI=1S/C26H30N2O6S3/c1-17(2)23-24(33-36(29,30)21-13-9-18(3)10-14-21)27-26(35-20-7-5-6-8-20)28-25(23)34-37(31,32)22-15-11-19(4)12-16-22/h9-17,20H,5-8H2,1-4H3. The van der Waals surface area contributed by atoms with E-state index in [1.54, 1.807) is 38.1 Å². The molecule has 0 saturated heterocycles. The van der Waals surface area contributed by atoms with Gasteiger partial charge in [0.05, 0.1) is 5.56 Å². The third kappa shape index (κ3) is 6.63. The van der Waals surface area contributed by atoms with Gasteiger partial charge in [0, 0.05) is 5.25 Å². The van der Waals surface area contributed by atoms with Crippen molar-refractivity contribution in [2.24, 2.45) is 0 Å². The molecule has 0 radical (unpaired) electrons. The third-order valence-electron chi connectivity index (χ3n) is 6.00. The monoisotopic (exact) mass is 562 g/mol. The summed E-state index contributed by atoms with van der Waals surface area (Å²) >= 11 is 1.38. The van der Waals surface area contributed by atoms with Crippen molar-refractivity contribution >= 4 is 32.0 Å². The van der Waals surface area contributed by atoms with Gasteiger partial charge in [-0.15, -0.1) is 0 Å². The van der Waals surface area contributed by atoms with E-state index >= 15 is 0 Å². The first-order valence-electron chi connectivity index (χ1n) is 12.1. The third-order valence-corrected chi connectivity index (χ3v) is 9.66. The minimum Gasteiger partial charge on any atom is -0.358 e. The molecule has 0 unspecified atom stereocenters. The Morgan fingerprint density at radius 1 is 0.757 bits per heavy atom. The minimum atomic E-state index is -4.25. The van der Waals surface area contributed by atoms with Crippen molar-refractivity contribution in [3.8, 4) is 11.8 Å². The number of nitrogens with zero attached hydrogens (tertiary/aromatic N) is 2. The SMILES string of the molecule is Cc1ccc(S(=O)(=O)Oc2nc(SC3CCCC3)nc(OS(=O)(=O)c3ccc(C)cc3)c2C(C)C)cc1. The predicted molar refractivity (Wildman–Crippen MR) is 142 cm³/mol. The molecule has 1 fully saturated rings. The summed E-state index contributed by atoms with van der Waals surface area (Å²) in [6, 6.07) is 12.5. The Balaban J connectivity index is 1.80. The molecule has 0 N–H and O–H groups in total. The van der Waals surface area contributed by atoms with Crippen LogP contribution < -0.4 is 8.37 Å². The van der Waals surface area contributed by atoms with Crippen molar-refractivity contribution in [1.82, 2.24) is 9.97 Å². The number of thioether (sulfide) groups is 1. The highest BCUT2D eigenvalue weighted by molar-refractivity contribution is 7.99. The van der Waals surface area contributed by atoms with Gasteiger partial charge in [-0.25, -0.2) is 0 Å². The zero-order chi connectivity index (χ0) is 26.8. The molecule has 11 heteroatoms. The lowest BCUT2D eigenvalue weighted by Gasteiger charge is -2.18. The average Bonchev–Trinajstić information content (AvgIpc) is 3.31. The van der Waals surface area contributed by atoms with Crippen LogP contribution in [0.5, 0.6) is 11.8 Å². The van der Waals surface area contributed by atoms with Crippen LogP contribution in [0, 0.1) is 13.8 Å². The Labute approximate surface area is 223 Å². The normalized spacial score (nSPS) is 14.7. The quantitative estimate of drug-likeness (QED) is 0.236. The highest BCUT2D eigenvalue weighted by Gasteiger charge is 2.30. The van der Waals surface area contributed by atoms with E-state index in [-0.39, 0.29) is 37.5 Å². The highest BCUT2D eigenvalue weighted by Crippen LogP contribution is 2.40. The van der Waals surface area contributed by atoms with E-state index in [1.165, 1.54) is 36.0 Å². The number of hydrogen-bond acceptors (Lipinski definition) is 9. The summed E-state index contributed by atoms with van der Waals surface area (Å²) in [5.41, 5.74) is 1.95. The van der Waals surface area contributed by atoms with Crippen LogP contribution in [0.15, 0.2) is 63.5 Å². The summed E-state index contributed by atoms with van der Waals surface area (Å²) in [4.78, 5) is 8.80. The Morgan fingerprint density at radius 3 is 1.54 bits per heavy atom. The molecule has 8 nitrogen and oxygen atoms in total. The predicted octanol–water partition coefficient (Wildman–Crippen LogP) is 5.79. The lowest BCUT2D eigenvalue weighted by atomic mass is 10.1. The van der Waals surface area contributed by atoms with Crippen molar-refractivity contribution in [3.63, 3.8) is 0 Å². The van der Waals surface area contributed by atoms with E-state index in [9.17, 15) is 16.8 Å². The molecule has 37 heavy (non-hydrogen) atoms. The minimum absolute atomic E-state index is 0.0360. The Bertz CT molecular complexity index is 1370. The van der Waals surface area contributed by atoms with Gasteiger partial charge in [-0.2, -0.15) is 26.8 Å². The fourth-order valence-corrected chi connectivity index (χ4v) is 6.89. The van der Waals surface area contributed by atoms with Crippen LogP contribution in [0.1, 0.15) is 62.1 Å². The largest absolute Gasteiger partial charge is 0.358 e. The first-order chi connectivity index (χ1) is 17.4. The smallest absolute Gasteiger partial charge is 0.340 e. The number of benzene rings is 2. The molecule has 1 aliphatic carbocycles. The van der Waals surface area contributed by atoms with E-state index in [0.717, 1.165) is 36.8 Å². The van der Waals surface area contributed by atoms with Gasteiger partial charge in [0.15, 0.2) is 5.16 Å². The molecule has 3 aromatic rings. The summed E-state index contributed by atoms with van der Waals surface area (Å²) in [5.74, 6) is -0.877. The van der Waals surface area contributed by atoms with Crippen molar-refractivity contribution < 1.29 is 25.2 Å². The first-order valence-corrected chi connectivity index (χ1v) is 15.7. The van der Waals surface area contributed by atoms with Crippen LogP contribution in [-0.4, -0.2) is 32.1 Å². The number of aryl methyl sites for hydroxylation is 2. The molecule has 0 spiro atoms. The van der Waals surface area contributed by atoms with Crippen LogP contribution in [0.3, 0.4) is 0 Å². The van der Waals surface area contributed by atoms with Gasteiger partial charge in [0.2, 0.25) is 11.8 Å². The maximum absolute atomic E-state index is 13.1. The van der Waals surface area contributed by atoms with E-state index in [4.69, 9.17) is 8.37 Å². The fraction of sp³-hybridized carbons (Fsp3) is 0.385. The van der Waals surface area contributed by atoms with E-state index < -0.39 is 26.2 Å². The highest BCUT2D eigenvalue weighted by atomic mass is 32.2. The van der Waals surface area contributed by atoms with Crippen molar-refractivity contribution in [2.45, 2.75) is 79.5 Å². The van der Waals surface area contributed by atoms with Crippen LogP contribution in [0.25, 0.3) is 0 Å². The fourth-order valence-electron chi connectivity index (χ4n) is 3.95. The maximum Gasteiger partial charge on any atom is 0.340 e. The molecule has 1 aliphatic rings. The van der Waals surface area contributed by atoms with Gasteiger partial charge in [0.1, 0.15) is 9.79 Å². The molecule has 0 atom stereocenters. The van der Waals surface area contributed by atoms with E-state index in [1.807, 2.05) is 13.8 Å². The zero-order valence-electron chi connectivity index (χ0n) is 21.2. The Kier molecular flexibility index (Phi) is 8.15. The molecule has 198 valence electrons. The van der Waals surface area contributed by atoms with Crippen molar-refractivity contribution in [2.75, 3.05) is 0 Å². The van der Waals surface area contributed by atoms with Gasteiger partial charge < -0.3 is 8.37 Å². The molecule has 2 aromatic carbocycles. The lowest BCUT2D eigenvalue weighted by Crippen LogP contribution is -2.17. The van der Waals surface area contributed by atoms with Crippen LogP contribution in [0.2, 0.25) is 0 Å². The van der Waals surface area contributed by atoms with Gasteiger partial charge in [0.25, 0.3) is 0 Å². The van der Waals surface area contributed by atoms with E-state index in [2.05, 4.69) is 9.97 Å². The first kappa shape index (κ1) is 27.4. The molecule has 0 bridgehead atoms. The molecule has 1 saturated carbocycles. The lowest BCUT2D eigenvalue weighted by molar-refractivity contribution is 0.442. The summed E-state index contributed by atoms with van der Waals surface area (Å²) in [6.45, 7) is 7.23. The molecular weight excluding hydrogens is 532 g/mol. The van der Waals surface area contributed by atoms with Crippen LogP contribution >= 0.6 is 11.8 Å². The van der Waals surface area contributed by atoms with Crippen molar-refractivity contribution in [1.29, 1.82) is 0 Å². The average molecular weight is 563 g/mol. The summed E-state index contributed by atoms with van der Waals surface area (Å²) in [5, 5.41) is 0.451. The van der Waals surface area contributed by atoms with Gasteiger partial charge in [-0.1, -0.05) is 73.8 Å². The van der Waals surface area contributed by atoms with Gasteiger partial charge in [-0.3, -0.25) is 0 Å². The summed E-state index contributed by atoms with van der Waals surface area (Å²) in [7, 11) is -8.50. The van der Waals surface area contributed by atoms with Crippen LogP contribution in [-0.2, 0) is 20.2 Å². The second-order valence-corrected chi connectivity index (χ2v) is 13.8. The number of hydrogen-bond donors (Lipinski definition) is 0. The summed E-state index contributed by atoms with van der Waals surface area (Å²) in [6.07, 6.45) is 4.10. The topological polar surface area (TPSA) is 113 Å². The molecule has 4 rings (SSSR count). The molecule has 0 amide bonds. The Hall–Kier alpha value is -2.63. The molecule has 1 heterocycles. The number of aromatic nitrogens is 2. The van der Waals surface area contributed by atoms with Gasteiger partial charge >= 0.3 is 20.2 Å². The molecule has 1 aromatic heterocycles. The second kappa shape index (κ2) is 11.0. The van der Waals surface area contributed by atoms with Gasteiger partial charge in [-0.05, 0) is 56.9 Å². The second-order valence-electron chi connectivity index (χ2n) is 9.41.